The molecule has 6 heteroatoms. The van der Waals surface area contributed by atoms with Gasteiger partial charge in [-0.3, -0.25) is 4.90 Å². The van der Waals surface area contributed by atoms with E-state index in [1.165, 1.54) is 5.56 Å². The van der Waals surface area contributed by atoms with Gasteiger partial charge >= 0.3 is 0 Å². The van der Waals surface area contributed by atoms with Crippen molar-refractivity contribution in [2.75, 3.05) is 19.7 Å². The summed E-state index contributed by atoms with van der Waals surface area (Å²) < 4.78 is 5.60. The van der Waals surface area contributed by atoms with Gasteiger partial charge in [0.1, 0.15) is 17.4 Å². The molecule has 0 aliphatic carbocycles. The monoisotopic (exact) mass is 375 g/mol. The Kier molecular flexibility index (Phi) is 4.56. The Labute approximate surface area is 165 Å². The van der Waals surface area contributed by atoms with Crippen LogP contribution in [0.3, 0.4) is 0 Å². The first-order valence-electron chi connectivity index (χ1n) is 10.1. The number of aryl methyl sites for hydroxylation is 1. The minimum absolute atomic E-state index is 0.474. The number of imidazole rings is 1. The second-order valence-corrected chi connectivity index (χ2v) is 7.78. The Bertz CT molecular complexity index is 975. The first-order valence-corrected chi connectivity index (χ1v) is 10.1. The van der Waals surface area contributed by atoms with E-state index in [0.29, 0.717) is 5.92 Å². The lowest BCUT2D eigenvalue weighted by Crippen LogP contribution is -2.33. The van der Waals surface area contributed by atoms with Gasteiger partial charge in [0.2, 0.25) is 0 Å². The molecule has 0 unspecified atom stereocenters. The van der Waals surface area contributed by atoms with E-state index in [1.807, 2.05) is 25.4 Å². The molecule has 2 aromatic heterocycles. The number of fused-ring (bicyclic) bond motifs is 1. The van der Waals surface area contributed by atoms with Crippen molar-refractivity contribution in [3.63, 3.8) is 0 Å². The number of benzene rings is 1. The predicted octanol–water partition coefficient (Wildman–Crippen LogP) is 3.49. The average Bonchev–Trinajstić information content (AvgIpc) is 3.37. The Hall–Kier alpha value is -2.73. The molecule has 0 saturated carbocycles. The third-order valence-electron chi connectivity index (χ3n) is 5.75. The first-order chi connectivity index (χ1) is 13.7. The fourth-order valence-corrected chi connectivity index (χ4v) is 4.18. The fourth-order valence-electron chi connectivity index (χ4n) is 4.18. The summed E-state index contributed by atoms with van der Waals surface area (Å²) in [4.78, 5) is 19.7. The highest BCUT2D eigenvalue weighted by Gasteiger charge is 2.23. The van der Waals surface area contributed by atoms with Gasteiger partial charge < -0.3 is 9.72 Å². The smallest absolute Gasteiger partial charge is 0.137 e. The molecule has 2 aliphatic heterocycles. The van der Waals surface area contributed by atoms with E-state index in [0.717, 1.165) is 79.9 Å². The molecular weight excluding hydrogens is 350 g/mol. The number of nitrogens with one attached hydrogen (secondary N) is 1. The van der Waals surface area contributed by atoms with E-state index >= 15 is 0 Å². The van der Waals surface area contributed by atoms with Crippen molar-refractivity contribution in [1.29, 1.82) is 0 Å². The molecule has 1 aromatic carbocycles. The quantitative estimate of drug-likeness (QED) is 0.756. The van der Waals surface area contributed by atoms with Crippen LogP contribution in [0.5, 0.6) is 5.75 Å². The van der Waals surface area contributed by atoms with Crippen LogP contribution in [0.15, 0.2) is 36.7 Å². The minimum atomic E-state index is 0.474. The molecule has 3 aromatic rings. The van der Waals surface area contributed by atoms with Gasteiger partial charge in [0.05, 0.1) is 6.61 Å². The summed E-state index contributed by atoms with van der Waals surface area (Å²) in [6.07, 6.45) is 7.04. The highest BCUT2D eigenvalue weighted by Crippen LogP contribution is 2.30. The van der Waals surface area contributed by atoms with Crippen molar-refractivity contribution in [2.24, 2.45) is 0 Å². The molecule has 144 valence electrons. The van der Waals surface area contributed by atoms with Crippen LogP contribution in [-0.4, -0.2) is 44.5 Å². The summed E-state index contributed by atoms with van der Waals surface area (Å²) in [5.41, 5.74) is 4.62. The average molecular weight is 375 g/mol. The summed E-state index contributed by atoms with van der Waals surface area (Å²) in [5.74, 6) is 3.43. The summed E-state index contributed by atoms with van der Waals surface area (Å²) in [7, 11) is 0. The van der Waals surface area contributed by atoms with Gasteiger partial charge in [0, 0.05) is 48.2 Å². The number of ether oxygens (including phenoxy) is 1. The highest BCUT2D eigenvalue weighted by molar-refractivity contribution is 5.59. The lowest BCUT2D eigenvalue weighted by atomic mass is 9.96. The van der Waals surface area contributed by atoms with Gasteiger partial charge in [0.25, 0.3) is 0 Å². The van der Waals surface area contributed by atoms with Crippen molar-refractivity contribution >= 4 is 0 Å². The normalized spacial score (nSPS) is 17.5. The number of aromatic nitrogens is 4. The van der Waals surface area contributed by atoms with Crippen molar-refractivity contribution < 1.29 is 4.74 Å². The summed E-state index contributed by atoms with van der Waals surface area (Å²) >= 11 is 0. The van der Waals surface area contributed by atoms with E-state index in [9.17, 15) is 0 Å². The molecule has 0 spiro atoms. The maximum absolute atomic E-state index is 5.60. The molecule has 5 rings (SSSR count). The van der Waals surface area contributed by atoms with Crippen LogP contribution in [0.4, 0.5) is 0 Å². The zero-order valence-electron chi connectivity index (χ0n) is 16.2. The van der Waals surface area contributed by atoms with Crippen molar-refractivity contribution in [2.45, 2.75) is 38.6 Å². The van der Waals surface area contributed by atoms with E-state index in [1.54, 1.807) is 0 Å². The highest BCUT2D eigenvalue weighted by atomic mass is 16.5. The van der Waals surface area contributed by atoms with E-state index in [-0.39, 0.29) is 0 Å². The maximum Gasteiger partial charge on any atom is 0.137 e. The second-order valence-electron chi connectivity index (χ2n) is 7.78. The van der Waals surface area contributed by atoms with Crippen LogP contribution in [0.2, 0.25) is 0 Å². The van der Waals surface area contributed by atoms with Crippen LogP contribution >= 0.6 is 0 Å². The molecule has 1 fully saturated rings. The molecule has 0 bridgehead atoms. The van der Waals surface area contributed by atoms with Crippen molar-refractivity contribution in [3.8, 4) is 17.1 Å². The van der Waals surface area contributed by atoms with Gasteiger partial charge in [0.15, 0.2) is 0 Å². The van der Waals surface area contributed by atoms with Crippen LogP contribution in [-0.2, 0) is 13.0 Å². The molecule has 2 aliphatic rings. The summed E-state index contributed by atoms with van der Waals surface area (Å²) in [6.45, 7) is 5.84. The number of hydrogen-bond donors (Lipinski definition) is 1. The lowest BCUT2D eigenvalue weighted by molar-refractivity contribution is 0.200. The number of nitrogens with zero attached hydrogens (tertiary/aromatic N) is 4. The lowest BCUT2D eigenvalue weighted by Gasteiger charge is -2.30. The van der Waals surface area contributed by atoms with Gasteiger partial charge in [-0.25, -0.2) is 15.0 Å². The van der Waals surface area contributed by atoms with Crippen LogP contribution in [0.1, 0.15) is 41.5 Å². The van der Waals surface area contributed by atoms with Crippen molar-refractivity contribution in [3.05, 3.63) is 59.4 Å². The number of hydrogen-bond acceptors (Lipinski definition) is 5. The van der Waals surface area contributed by atoms with E-state index in [4.69, 9.17) is 4.74 Å². The number of likely N-dealkylation sites (tertiary alicyclic amines) is 1. The number of aromatic amines is 1. The SMILES string of the molecule is Cc1ccnc(C2CCN(Cc3cnc(-c4ccc5c(c4)CCO5)[nH]3)CC2)n1. The zero-order valence-corrected chi connectivity index (χ0v) is 16.2. The third-order valence-corrected chi connectivity index (χ3v) is 5.75. The largest absolute Gasteiger partial charge is 0.493 e. The maximum atomic E-state index is 5.60. The van der Waals surface area contributed by atoms with Crippen LogP contribution in [0, 0.1) is 6.92 Å². The van der Waals surface area contributed by atoms with Gasteiger partial charge in [-0.2, -0.15) is 0 Å². The molecule has 0 radical (unpaired) electrons. The van der Waals surface area contributed by atoms with Gasteiger partial charge in [-0.1, -0.05) is 0 Å². The number of piperidine rings is 1. The summed E-state index contributed by atoms with van der Waals surface area (Å²) in [5, 5.41) is 0. The second kappa shape index (κ2) is 7.36. The summed E-state index contributed by atoms with van der Waals surface area (Å²) in [6, 6.07) is 8.29. The minimum Gasteiger partial charge on any atom is -0.493 e. The third kappa shape index (κ3) is 3.52. The predicted molar refractivity (Wildman–Crippen MR) is 107 cm³/mol. The van der Waals surface area contributed by atoms with E-state index in [2.05, 4.69) is 43.0 Å². The molecular formula is C22H25N5O. The van der Waals surface area contributed by atoms with Crippen molar-refractivity contribution in [1.82, 2.24) is 24.8 Å². The molecule has 1 saturated heterocycles. The standard InChI is InChI=1S/C22H25N5O/c1-15-4-8-23-21(25-15)16-5-9-27(10-6-16)14-19-13-24-22(26-19)18-2-3-20-17(12-18)7-11-28-20/h2-4,8,12-13,16H,5-7,9-11,14H2,1H3,(H,24,26). The van der Waals surface area contributed by atoms with Gasteiger partial charge in [-0.05, 0) is 62.7 Å². The Morgan fingerprint density at radius 2 is 2.07 bits per heavy atom. The molecule has 0 atom stereocenters. The Morgan fingerprint density at radius 3 is 2.93 bits per heavy atom. The zero-order chi connectivity index (χ0) is 18.9. The molecule has 4 heterocycles. The van der Waals surface area contributed by atoms with Crippen LogP contribution in [0.25, 0.3) is 11.4 Å². The molecule has 6 nitrogen and oxygen atoms in total. The number of H-pyrrole nitrogens is 1. The number of rotatable bonds is 4. The Balaban J connectivity index is 1.21. The Morgan fingerprint density at radius 1 is 1.18 bits per heavy atom. The molecule has 0 amide bonds. The molecule has 28 heavy (non-hydrogen) atoms. The first kappa shape index (κ1) is 17.4. The van der Waals surface area contributed by atoms with E-state index < -0.39 is 0 Å². The van der Waals surface area contributed by atoms with Crippen LogP contribution < -0.4 is 4.74 Å². The van der Waals surface area contributed by atoms with Gasteiger partial charge in [-0.15, -0.1) is 0 Å². The molecule has 1 N–H and O–H groups in total. The fraction of sp³-hybridized carbons (Fsp3) is 0.409. The topological polar surface area (TPSA) is 66.9 Å².